The molecule has 0 aromatic carbocycles. The number of likely N-dealkylation sites (N-methyl/N-ethyl adjacent to an activating group) is 1. The van der Waals surface area contributed by atoms with Crippen LogP contribution in [0.5, 0.6) is 0 Å². The Labute approximate surface area is 377 Å². The number of aliphatic hydroxyl groups is 14. The molecule has 0 unspecified atom stereocenters. The molecule has 62 heavy (non-hydrogen) atoms. The number of hydrogen-bond acceptors (Lipinski definition) is 15. The standard InChI is InChI=1S/C7H17NO.C6H14O3.2C6H14O2.C5H10F2O.2C5H12O2.C5H12O/c1-6(2)7(9)5-8(3)4;1-5(2)6(9,3-7)4-8;1-5(2)6(3,8)4-7;1-5(2)6(3-7)4-8;1-4(2)5(6,7)3-8;2*1-4(2)5(7)3-6;1-5(2)3-4-6/h6-7,9H,5H2,1-4H3;5,7-9H,3-4H2,1-2H3;5,7-8H,4H2,1-3H3;5-8H,3-4H2,1-2H3;4,8H,3H2,1-2H3;2*4-7H,3H2,1-2H3;5-6H,3-4H2,1-2H3/t7-;;6-;;;2*5-;/m1.0..10./s1. The molecule has 0 heterocycles. The summed E-state index contributed by atoms with van der Waals surface area (Å²) in [5.74, 6) is -1.87. The minimum Gasteiger partial charge on any atom is -0.396 e. The van der Waals surface area contributed by atoms with Crippen molar-refractivity contribution in [2.24, 2.45) is 53.3 Å². The van der Waals surface area contributed by atoms with E-state index in [2.05, 4.69) is 13.8 Å². The first-order valence-corrected chi connectivity index (χ1v) is 22.0. The van der Waals surface area contributed by atoms with Crippen molar-refractivity contribution in [2.75, 3.05) is 80.1 Å². The molecule has 0 amide bonds. The molecule has 0 aliphatic heterocycles. The third kappa shape index (κ3) is 55.4. The fourth-order valence-electron chi connectivity index (χ4n) is 2.52. The third-order valence-electron chi connectivity index (χ3n) is 9.59. The van der Waals surface area contributed by atoms with Gasteiger partial charge in [-0.25, -0.2) is 8.78 Å². The highest BCUT2D eigenvalue weighted by Crippen LogP contribution is 2.22. The molecular weight excluding hydrogens is 816 g/mol. The maximum absolute atomic E-state index is 12.0. The van der Waals surface area contributed by atoms with Crippen LogP contribution in [0.15, 0.2) is 0 Å². The molecule has 0 radical (unpaired) electrons. The van der Waals surface area contributed by atoms with Gasteiger partial charge in [0.1, 0.15) is 12.2 Å². The van der Waals surface area contributed by atoms with Gasteiger partial charge in [-0.1, -0.05) is 111 Å². The highest BCUT2D eigenvalue weighted by Gasteiger charge is 2.31. The van der Waals surface area contributed by atoms with Crippen molar-refractivity contribution in [3.63, 3.8) is 0 Å². The Balaban J connectivity index is -0.0000000898. The van der Waals surface area contributed by atoms with Crippen molar-refractivity contribution in [3.05, 3.63) is 0 Å². The summed E-state index contributed by atoms with van der Waals surface area (Å²) in [6, 6.07) is 0. The molecule has 14 N–H and O–H groups in total. The predicted molar refractivity (Wildman–Crippen MR) is 248 cm³/mol. The van der Waals surface area contributed by atoms with Gasteiger partial charge >= 0.3 is 0 Å². The van der Waals surface area contributed by atoms with Gasteiger partial charge < -0.3 is 76.4 Å². The molecule has 17 heteroatoms. The third-order valence-corrected chi connectivity index (χ3v) is 9.59. The molecular formula is C45H105F2NO14. The van der Waals surface area contributed by atoms with Gasteiger partial charge in [0.15, 0.2) is 0 Å². The van der Waals surface area contributed by atoms with Crippen molar-refractivity contribution in [1.29, 1.82) is 0 Å². The van der Waals surface area contributed by atoms with Gasteiger partial charge in [0.2, 0.25) is 0 Å². The van der Waals surface area contributed by atoms with Gasteiger partial charge in [0, 0.05) is 38.2 Å². The van der Waals surface area contributed by atoms with Gasteiger partial charge in [-0.15, -0.1) is 0 Å². The van der Waals surface area contributed by atoms with E-state index in [9.17, 15) is 19.0 Å². The van der Waals surface area contributed by atoms with Crippen LogP contribution >= 0.6 is 0 Å². The summed E-state index contributed by atoms with van der Waals surface area (Å²) in [4.78, 5) is 1.99. The Morgan fingerprint density at radius 1 is 0.452 bits per heavy atom. The molecule has 0 aromatic heterocycles. The van der Waals surface area contributed by atoms with Crippen LogP contribution in [0.3, 0.4) is 0 Å². The number of hydrogen-bond donors (Lipinski definition) is 14. The molecule has 0 rings (SSSR count). The van der Waals surface area contributed by atoms with E-state index in [1.165, 1.54) is 13.8 Å². The molecule has 0 aliphatic carbocycles. The van der Waals surface area contributed by atoms with Crippen molar-refractivity contribution in [2.45, 2.75) is 160 Å². The Bertz CT molecular complexity index is 825. The Hall–Kier alpha value is -0.740. The minimum atomic E-state index is -2.90. The van der Waals surface area contributed by atoms with Gasteiger partial charge in [-0.3, -0.25) is 0 Å². The molecule has 388 valence electrons. The zero-order valence-corrected chi connectivity index (χ0v) is 42.7. The molecule has 0 bridgehead atoms. The summed E-state index contributed by atoms with van der Waals surface area (Å²) in [6.45, 7) is 30.3. The second-order valence-electron chi connectivity index (χ2n) is 18.7. The number of aliphatic hydroxyl groups excluding tert-OH is 12. The number of alkyl halides is 2. The Kier molecular flexibility index (Phi) is 59.2. The lowest BCUT2D eigenvalue weighted by atomic mass is 9.92. The average molecular weight is 922 g/mol. The van der Waals surface area contributed by atoms with Crippen molar-refractivity contribution in [3.8, 4) is 0 Å². The average Bonchev–Trinajstić information content (AvgIpc) is 3.18. The lowest BCUT2D eigenvalue weighted by Crippen LogP contribution is -2.42. The first-order chi connectivity index (χ1) is 28.0. The van der Waals surface area contributed by atoms with Crippen LogP contribution in [-0.4, -0.2) is 192 Å². The van der Waals surface area contributed by atoms with E-state index < -0.39 is 41.9 Å². The van der Waals surface area contributed by atoms with Crippen molar-refractivity contribution >= 4 is 0 Å². The highest BCUT2D eigenvalue weighted by molar-refractivity contribution is 4.79. The predicted octanol–water partition coefficient (Wildman–Crippen LogP) is 2.84. The van der Waals surface area contributed by atoms with E-state index >= 15 is 0 Å². The molecule has 0 saturated carbocycles. The van der Waals surface area contributed by atoms with Gasteiger partial charge in [-0.2, -0.15) is 0 Å². The van der Waals surface area contributed by atoms with Crippen LogP contribution in [0.2, 0.25) is 0 Å². The van der Waals surface area contributed by atoms with Crippen LogP contribution in [0, 0.1) is 53.3 Å². The van der Waals surface area contributed by atoms with E-state index in [1.807, 2.05) is 88.2 Å². The molecule has 0 aromatic rings. The molecule has 0 fully saturated rings. The minimum absolute atomic E-state index is 0.0648. The van der Waals surface area contributed by atoms with E-state index in [1.54, 1.807) is 20.8 Å². The van der Waals surface area contributed by atoms with E-state index in [4.69, 9.17) is 61.3 Å². The zero-order chi connectivity index (χ0) is 51.8. The van der Waals surface area contributed by atoms with Crippen LogP contribution in [-0.2, 0) is 0 Å². The monoisotopic (exact) mass is 922 g/mol. The molecule has 4 atom stereocenters. The van der Waals surface area contributed by atoms with Crippen LogP contribution in [0.25, 0.3) is 0 Å². The fraction of sp³-hybridized carbons (Fsp3) is 1.00. The molecule has 0 aliphatic rings. The Morgan fingerprint density at radius 2 is 0.790 bits per heavy atom. The van der Waals surface area contributed by atoms with E-state index in [0.29, 0.717) is 24.4 Å². The van der Waals surface area contributed by atoms with Gasteiger partial charge in [0.05, 0.1) is 56.9 Å². The summed E-state index contributed by atoms with van der Waals surface area (Å²) < 4.78 is 24.1. The lowest BCUT2D eigenvalue weighted by molar-refractivity contribution is -0.0864. The first-order valence-electron chi connectivity index (χ1n) is 22.0. The first kappa shape index (κ1) is 78.4. The molecule has 0 saturated heterocycles. The lowest BCUT2D eigenvalue weighted by Gasteiger charge is -2.27. The van der Waals surface area contributed by atoms with E-state index in [-0.39, 0.29) is 81.9 Å². The maximum Gasteiger partial charge on any atom is 0.272 e. The summed E-state index contributed by atoms with van der Waals surface area (Å²) in [5, 5.41) is 120. The van der Waals surface area contributed by atoms with Gasteiger partial charge in [-0.05, 0) is 68.9 Å². The topological polar surface area (TPSA) is 286 Å². The highest BCUT2D eigenvalue weighted by atomic mass is 19.3. The summed E-state index contributed by atoms with van der Waals surface area (Å²) in [7, 11) is 3.93. The van der Waals surface area contributed by atoms with Gasteiger partial charge in [0.25, 0.3) is 5.92 Å². The van der Waals surface area contributed by atoms with Crippen molar-refractivity contribution in [1.82, 2.24) is 4.90 Å². The van der Waals surface area contributed by atoms with Crippen LogP contribution < -0.4 is 0 Å². The smallest absolute Gasteiger partial charge is 0.272 e. The van der Waals surface area contributed by atoms with E-state index in [0.717, 1.165) is 13.0 Å². The molecule has 15 nitrogen and oxygen atoms in total. The second-order valence-corrected chi connectivity index (χ2v) is 18.7. The number of nitrogens with zero attached hydrogens (tertiary/aromatic N) is 1. The van der Waals surface area contributed by atoms with Crippen LogP contribution in [0.4, 0.5) is 8.78 Å². The second kappa shape index (κ2) is 46.8. The summed E-state index contributed by atoms with van der Waals surface area (Å²) in [5.41, 5.74) is -2.21. The maximum atomic E-state index is 12.0. The molecule has 0 spiro atoms. The summed E-state index contributed by atoms with van der Waals surface area (Å²) >= 11 is 0. The van der Waals surface area contributed by atoms with Crippen LogP contribution in [0.1, 0.15) is 124 Å². The largest absolute Gasteiger partial charge is 0.396 e. The zero-order valence-electron chi connectivity index (χ0n) is 42.7. The quantitative estimate of drug-likeness (QED) is 0.0887. The fourth-order valence-corrected chi connectivity index (χ4v) is 2.52. The number of rotatable bonds is 19. The Morgan fingerprint density at radius 3 is 0.806 bits per heavy atom. The summed E-state index contributed by atoms with van der Waals surface area (Å²) in [6.07, 6.45) is -0.333. The normalized spacial score (nSPS) is 13.9. The SMILES string of the molecule is CC(C)C(CO)CO.CC(C)C(F)(F)CO.CC(C)C(O)(CO)CO.CC(C)CCO.CC(C)[C@@H](O)CO.CC(C)[C@@](C)(O)CO.CC(C)[C@H](O)CN(C)C.CC(C)[C@H](O)CO. The van der Waals surface area contributed by atoms with Crippen molar-refractivity contribution < 1.29 is 80.3 Å². The number of halogens is 2.